The summed E-state index contributed by atoms with van der Waals surface area (Å²) in [4.78, 5) is 9.12. The van der Waals surface area contributed by atoms with E-state index in [4.69, 9.17) is 10.7 Å². The second kappa shape index (κ2) is 5.11. The molecule has 2 heterocycles. The first kappa shape index (κ1) is 12.8. The van der Waals surface area contributed by atoms with Crippen molar-refractivity contribution in [1.82, 2.24) is 4.98 Å². The minimum absolute atomic E-state index is 0.557. The van der Waals surface area contributed by atoms with E-state index in [0.717, 1.165) is 33.6 Å². The number of rotatable bonds is 2. The van der Waals surface area contributed by atoms with E-state index >= 15 is 0 Å². The van der Waals surface area contributed by atoms with E-state index in [9.17, 15) is 0 Å². The predicted octanol–water partition coefficient (Wildman–Crippen LogP) is 3.63. The molecule has 4 rings (SSSR count). The van der Waals surface area contributed by atoms with Crippen LogP contribution in [0.25, 0.3) is 22.4 Å². The number of pyridine rings is 1. The zero-order valence-electron chi connectivity index (χ0n) is 12.0. The molecule has 0 saturated heterocycles. The highest BCUT2D eigenvalue weighted by molar-refractivity contribution is 6.06. The molecule has 0 fully saturated rings. The molecule has 2 aromatic carbocycles. The van der Waals surface area contributed by atoms with E-state index in [1.807, 2.05) is 36.4 Å². The van der Waals surface area contributed by atoms with Gasteiger partial charge < -0.3 is 5.73 Å². The second-order valence-corrected chi connectivity index (χ2v) is 5.31. The monoisotopic (exact) mass is 285 g/mol. The first-order valence-corrected chi connectivity index (χ1v) is 7.28. The summed E-state index contributed by atoms with van der Waals surface area (Å²) in [7, 11) is 0. The third-order valence-electron chi connectivity index (χ3n) is 3.90. The summed E-state index contributed by atoms with van der Waals surface area (Å²) in [6, 6.07) is 22.6. The Morgan fingerprint density at radius 3 is 2.14 bits per heavy atom. The maximum Gasteiger partial charge on any atom is 0.128 e. The van der Waals surface area contributed by atoms with E-state index in [1.54, 1.807) is 0 Å². The van der Waals surface area contributed by atoms with Gasteiger partial charge in [-0.25, -0.2) is 0 Å². The third-order valence-corrected chi connectivity index (χ3v) is 3.90. The Morgan fingerprint density at radius 2 is 1.45 bits per heavy atom. The fourth-order valence-electron chi connectivity index (χ4n) is 2.84. The van der Waals surface area contributed by atoms with Gasteiger partial charge in [-0.3, -0.25) is 9.98 Å². The lowest BCUT2D eigenvalue weighted by atomic mass is 9.96. The Morgan fingerprint density at radius 1 is 0.818 bits per heavy atom. The topological polar surface area (TPSA) is 51.3 Å². The SMILES string of the molecule is NC1=NCc2nc(-c3ccccc3)cc(-c3ccccc3)c21. The summed E-state index contributed by atoms with van der Waals surface area (Å²) in [5.74, 6) is 0.584. The molecular formula is C19H15N3. The van der Waals surface area contributed by atoms with Gasteiger partial charge in [0, 0.05) is 11.1 Å². The maximum atomic E-state index is 6.08. The lowest BCUT2D eigenvalue weighted by Crippen LogP contribution is -2.13. The molecule has 1 aromatic heterocycles. The van der Waals surface area contributed by atoms with E-state index in [1.165, 1.54) is 0 Å². The standard InChI is InChI=1S/C19H15N3/c20-19-18-15(13-7-3-1-4-8-13)11-16(22-17(18)12-21-19)14-9-5-2-6-10-14/h1-11H,12H2,(H2,20,21). The fourth-order valence-corrected chi connectivity index (χ4v) is 2.84. The highest BCUT2D eigenvalue weighted by Gasteiger charge is 2.21. The van der Waals surface area contributed by atoms with Crippen molar-refractivity contribution >= 4 is 5.84 Å². The highest BCUT2D eigenvalue weighted by atomic mass is 14.9. The van der Waals surface area contributed by atoms with Crippen molar-refractivity contribution in [1.29, 1.82) is 0 Å². The van der Waals surface area contributed by atoms with Crippen molar-refractivity contribution in [3.05, 3.63) is 78.0 Å². The average molecular weight is 285 g/mol. The summed E-state index contributed by atoms with van der Waals surface area (Å²) in [5.41, 5.74) is 12.3. The summed E-state index contributed by atoms with van der Waals surface area (Å²) in [5, 5.41) is 0. The number of hydrogen-bond donors (Lipinski definition) is 1. The van der Waals surface area contributed by atoms with E-state index < -0.39 is 0 Å². The smallest absolute Gasteiger partial charge is 0.128 e. The van der Waals surface area contributed by atoms with Crippen LogP contribution in [0, 0.1) is 0 Å². The van der Waals surface area contributed by atoms with Gasteiger partial charge in [0.15, 0.2) is 0 Å². The minimum atomic E-state index is 0.557. The van der Waals surface area contributed by atoms with E-state index in [2.05, 4.69) is 35.3 Å². The van der Waals surface area contributed by atoms with Crippen LogP contribution in [0.5, 0.6) is 0 Å². The quantitative estimate of drug-likeness (QED) is 0.781. The molecule has 22 heavy (non-hydrogen) atoms. The molecule has 3 heteroatoms. The van der Waals surface area contributed by atoms with Crippen LogP contribution >= 0.6 is 0 Å². The van der Waals surface area contributed by atoms with Crippen LogP contribution in [0.4, 0.5) is 0 Å². The molecule has 0 bridgehead atoms. The molecule has 0 amide bonds. The normalized spacial score (nSPS) is 12.8. The van der Waals surface area contributed by atoms with Crippen molar-refractivity contribution < 1.29 is 0 Å². The van der Waals surface area contributed by atoms with Crippen LogP contribution in [-0.4, -0.2) is 10.8 Å². The van der Waals surface area contributed by atoms with E-state index in [0.29, 0.717) is 12.4 Å². The van der Waals surface area contributed by atoms with Crippen molar-refractivity contribution in [3.8, 4) is 22.4 Å². The first-order valence-electron chi connectivity index (χ1n) is 7.28. The Balaban J connectivity index is 1.96. The number of fused-ring (bicyclic) bond motifs is 1. The largest absolute Gasteiger partial charge is 0.383 e. The number of nitrogens with two attached hydrogens (primary N) is 1. The summed E-state index contributed by atoms with van der Waals surface area (Å²) in [6.07, 6.45) is 0. The minimum Gasteiger partial charge on any atom is -0.383 e. The number of amidine groups is 1. The second-order valence-electron chi connectivity index (χ2n) is 5.31. The van der Waals surface area contributed by atoms with Gasteiger partial charge in [0.2, 0.25) is 0 Å². The van der Waals surface area contributed by atoms with Crippen LogP contribution in [0.3, 0.4) is 0 Å². The van der Waals surface area contributed by atoms with Crippen molar-refractivity contribution in [2.75, 3.05) is 0 Å². The van der Waals surface area contributed by atoms with E-state index in [-0.39, 0.29) is 0 Å². The van der Waals surface area contributed by atoms with Crippen LogP contribution in [0.2, 0.25) is 0 Å². The van der Waals surface area contributed by atoms with Gasteiger partial charge in [0.1, 0.15) is 5.84 Å². The molecule has 106 valence electrons. The molecule has 0 atom stereocenters. The summed E-state index contributed by atoms with van der Waals surface area (Å²) in [6.45, 7) is 0.557. The molecule has 0 aliphatic carbocycles. The summed E-state index contributed by atoms with van der Waals surface area (Å²) < 4.78 is 0. The molecule has 0 saturated carbocycles. The Hall–Kier alpha value is -2.94. The number of hydrogen-bond acceptors (Lipinski definition) is 3. The molecular weight excluding hydrogens is 270 g/mol. The number of aliphatic imine (C=N–C) groups is 1. The molecule has 3 nitrogen and oxygen atoms in total. The van der Waals surface area contributed by atoms with Gasteiger partial charge >= 0.3 is 0 Å². The molecule has 2 N–H and O–H groups in total. The molecule has 1 aliphatic rings. The fraction of sp³-hybridized carbons (Fsp3) is 0.0526. The van der Waals surface area contributed by atoms with Gasteiger partial charge in [-0.1, -0.05) is 60.7 Å². The zero-order valence-corrected chi connectivity index (χ0v) is 12.0. The first-order chi connectivity index (χ1) is 10.8. The van der Waals surface area contributed by atoms with Crippen LogP contribution < -0.4 is 5.73 Å². The molecule has 1 aliphatic heterocycles. The predicted molar refractivity (Wildman–Crippen MR) is 89.5 cm³/mol. The Kier molecular flexibility index (Phi) is 2.97. The molecule has 0 spiro atoms. The van der Waals surface area contributed by atoms with Gasteiger partial charge in [-0.05, 0) is 17.2 Å². The van der Waals surface area contributed by atoms with Crippen LogP contribution in [-0.2, 0) is 6.54 Å². The van der Waals surface area contributed by atoms with Crippen molar-refractivity contribution in [2.24, 2.45) is 10.7 Å². The van der Waals surface area contributed by atoms with Gasteiger partial charge in [0.05, 0.1) is 17.9 Å². The Bertz CT molecular complexity index is 853. The number of aromatic nitrogens is 1. The average Bonchev–Trinajstić information content (AvgIpc) is 2.97. The number of benzene rings is 2. The van der Waals surface area contributed by atoms with Crippen LogP contribution in [0.1, 0.15) is 11.3 Å². The number of nitrogens with zero attached hydrogens (tertiary/aromatic N) is 2. The lowest BCUT2D eigenvalue weighted by Gasteiger charge is -2.12. The zero-order chi connectivity index (χ0) is 14.9. The third kappa shape index (κ3) is 2.07. The molecule has 0 radical (unpaired) electrons. The van der Waals surface area contributed by atoms with Gasteiger partial charge in [-0.2, -0.15) is 0 Å². The van der Waals surface area contributed by atoms with Crippen molar-refractivity contribution in [3.63, 3.8) is 0 Å². The summed E-state index contributed by atoms with van der Waals surface area (Å²) >= 11 is 0. The van der Waals surface area contributed by atoms with Crippen molar-refractivity contribution in [2.45, 2.75) is 6.54 Å². The molecule has 3 aromatic rings. The van der Waals surface area contributed by atoms with Crippen LogP contribution in [0.15, 0.2) is 71.7 Å². The van der Waals surface area contributed by atoms with Gasteiger partial charge in [0.25, 0.3) is 0 Å². The lowest BCUT2D eigenvalue weighted by molar-refractivity contribution is 1.03. The Labute approximate surface area is 129 Å². The maximum absolute atomic E-state index is 6.08. The molecule has 0 unspecified atom stereocenters. The highest BCUT2D eigenvalue weighted by Crippen LogP contribution is 2.32. The van der Waals surface area contributed by atoms with Gasteiger partial charge in [-0.15, -0.1) is 0 Å².